The van der Waals surface area contributed by atoms with Gasteiger partial charge in [0.2, 0.25) is 0 Å². The van der Waals surface area contributed by atoms with Gasteiger partial charge in [0, 0.05) is 13.1 Å². The third-order valence-electron chi connectivity index (χ3n) is 2.64. The van der Waals surface area contributed by atoms with Gasteiger partial charge in [0.05, 0.1) is 0 Å². The minimum Gasteiger partial charge on any atom is -0.357 e. The van der Waals surface area contributed by atoms with Gasteiger partial charge in [0.15, 0.2) is 0 Å². The van der Waals surface area contributed by atoms with Crippen LogP contribution >= 0.6 is 15.9 Å². The number of halogens is 1. The van der Waals surface area contributed by atoms with E-state index < -0.39 is 0 Å². The summed E-state index contributed by atoms with van der Waals surface area (Å²) in [6.07, 6.45) is 1.21. The van der Waals surface area contributed by atoms with Gasteiger partial charge in [-0.2, -0.15) is 0 Å². The molecule has 0 N–H and O–H groups in total. The van der Waals surface area contributed by atoms with Crippen LogP contribution in [0.4, 0.5) is 5.82 Å². The molecule has 0 aromatic carbocycles. The highest BCUT2D eigenvalue weighted by molar-refractivity contribution is 9.10. The molecule has 0 spiro atoms. The van der Waals surface area contributed by atoms with Crippen LogP contribution in [0.3, 0.4) is 0 Å². The van der Waals surface area contributed by atoms with Gasteiger partial charge in [0.25, 0.3) is 0 Å². The van der Waals surface area contributed by atoms with Crippen LogP contribution in [0.15, 0.2) is 22.8 Å². The van der Waals surface area contributed by atoms with E-state index in [-0.39, 0.29) is 0 Å². The minimum atomic E-state index is 0.714. The lowest BCUT2D eigenvalue weighted by Crippen LogP contribution is -2.28. The Bertz CT molecular complexity index is 301. The standard InChI is InChI=1S/C12H19BrN2/c1-4-10(3)9-15(5-2)12-8-6-7-11(13)14-12/h6-8,10H,4-5,9H2,1-3H3. The third kappa shape index (κ3) is 3.82. The summed E-state index contributed by atoms with van der Waals surface area (Å²) in [6, 6.07) is 6.06. The van der Waals surface area contributed by atoms with Gasteiger partial charge in [-0.05, 0) is 40.9 Å². The Balaban J connectivity index is 2.73. The molecule has 1 atom stereocenters. The lowest BCUT2D eigenvalue weighted by Gasteiger charge is -2.25. The second-order valence-electron chi connectivity index (χ2n) is 3.87. The summed E-state index contributed by atoms with van der Waals surface area (Å²) >= 11 is 3.41. The molecule has 2 nitrogen and oxygen atoms in total. The van der Waals surface area contributed by atoms with E-state index in [9.17, 15) is 0 Å². The summed E-state index contributed by atoms with van der Waals surface area (Å²) in [5.41, 5.74) is 0. The molecule has 84 valence electrons. The number of hydrogen-bond acceptors (Lipinski definition) is 2. The Morgan fingerprint density at radius 3 is 2.67 bits per heavy atom. The summed E-state index contributed by atoms with van der Waals surface area (Å²) in [5.74, 6) is 1.78. The molecule has 0 fully saturated rings. The van der Waals surface area contributed by atoms with Crippen LogP contribution in [0.1, 0.15) is 27.2 Å². The predicted octanol–water partition coefficient (Wildman–Crippen LogP) is 3.72. The maximum atomic E-state index is 4.47. The molecule has 1 aromatic heterocycles. The zero-order valence-electron chi connectivity index (χ0n) is 9.70. The highest BCUT2D eigenvalue weighted by Gasteiger charge is 2.09. The first-order valence-electron chi connectivity index (χ1n) is 5.54. The molecule has 0 aliphatic rings. The topological polar surface area (TPSA) is 16.1 Å². The first kappa shape index (κ1) is 12.5. The molecule has 15 heavy (non-hydrogen) atoms. The molecule has 0 aliphatic carbocycles. The summed E-state index contributed by atoms with van der Waals surface area (Å²) in [4.78, 5) is 6.79. The van der Waals surface area contributed by atoms with Crippen LogP contribution in [0.5, 0.6) is 0 Å². The van der Waals surface area contributed by atoms with Crippen molar-refractivity contribution in [3.05, 3.63) is 22.8 Å². The zero-order valence-corrected chi connectivity index (χ0v) is 11.3. The van der Waals surface area contributed by atoms with Crippen molar-refractivity contribution in [2.24, 2.45) is 5.92 Å². The van der Waals surface area contributed by atoms with Crippen LogP contribution in [-0.2, 0) is 0 Å². The number of anilines is 1. The number of hydrogen-bond donors (Lipinski definition) is 0. The fourth-order valence-electron chi connectivity index (χ4n) is 1.46. The molecule has 0 aliphatic heterocycles. The molecular formula is C12H19BrN2. The van der Waals surface area contributed by atoms with Crippen LogP contribution in [0.2, 0.25) is 0 Å². The Labute approximate surface area is 101 Å². The highest BCUT2D eigenvalue weighted by Crippen LogP contribution is 2.16. The molecular weight excluding hydrogens is 252 g/mol. The quantitative estimate of drug-likeness (QED) is 0.759. The summed E-state index contributed by atoms with van der Waals surface area (Å²) < 4.78 is 0.905. The van der Waals surface area contributed by atoms with E-state index in [1.807, 2.05) is 12.1 Å². The van der Waals surface area contributed by atoms with Gasteiger partial charge in [-0.25, -0.2) is 4.98 Å². The fourth-order valence-corrected chi connectivity index (χ4v) is 1.80. The maximum Gasteiger partial charge on any atom is 0.129 e. The number of nitrogens with zero attached hydrogens (tertiary/aromatic N) is 2. The van der Waals surface area contributed by atoms with E-state index in [0.717, 1.165) is 23.5 Å². The van der Waals surface area contributed by atoms with Gasteiger partial charge in [-0.1, -0.05) is 26.3 Å². The molecule has 1 rings (SSSR count). The average molecular weight is 271 g/mol. The van der Waals surface area contributed by atoms with Crippen molar-refractivity contribution >= 4 is 21.7 Å². The highest BCUT2D eigenvalue weighted by atomic mass is 79.9. The van der Waals surface area contributed by atoms with Crippen molar-refractivity contribution in [3.8, 4) is 0 Å². The van der Waals surface area contributed by atoms with Crippen LogP contribution < -0.4 is 4.90 Å². The van der Waals surface area contributed by atoms with Gasteiger partial charge < -0.3 is 4.90 Å². The van der Waals surface area contributed by atoms with Gasteiger partial charge in [-0.15, -0.1) is 0 Å². The average Bonchev–Trinajstić information content (AvgIpc) is 2.25. The monoisotopic (exact) mass is 270 g/mol. The molecule has 3 heteroatoms. The summed E-state index contributed by atoms with van der Waals surface area (Å²) in [5, 5.41) is 0. The first-order valence-corrected chi connectivity index (χ1v) is 6.34. The Morgan fingerprint density at radius 2 is 2.13 bits per heavy atom. The Kier molecular flexibility index (Phi) is 5.09. The summed E-state index contributed by atoms with van der Waals surface area (Å²) in [6.45, 7) is 8.77. The Hall–Kier alpha value is -0.570. The number of pyridine rings is 1. The smallest absolute Gasteiger partial charge is 0.129 e. The van der Waals surface area contributed by atoms with Crippen molar-refractivity contribution in [2.45, 2.75) is 27.2 Å². The molecule has 0 saturated carbocycles. The second kappa shape index (κ2) is 6.11. The van der Waals surface area contributed by atoms with E-state index in [1.54, 1.807) is 0 Å². The van der Waals surface area contributed by atoms with Gasteiger partial charge >= 0.3 is 0 Å². The van der Waals surface area contributed by atoms with E-state index in [1.165, 1.54) is 6.42 Å². The molecule has 0 bridgehead atoms. The maximum absolute atomic E-state index is 4.47. The van der Waals surface area contributed by atoms with Crippen molar-refractivity contribution < 1.29 is 0 Å². The molecule has 0 amide bonds. The molecule has 1 heterocycles. The van der Waals surface area contributed by atoms with E-state index >= 15 is 0 Å². The third-order valence-corrected chi connectivity index (χ3v) is 3.08. The molecule has 0 radical (unpaired) electrons. The number of rotatable bonds is 5. The lowest BCUT2D eigenvalue weighted by molar-refractivity contribution is 0.545. The first-order chi connectivity index (χ1) is 7.17. The largest absolute Gasteiger partial charge is 0.357 e. The van der Waals surface area contributed by atoms with Crippen LogP contribution in [0, 0.1) is 5.92 Å². The normalized spacial score (nSPS) is 12.5. The SMILES string of the molecule is CCC(C)CN(CC)c1cccc(Br)n1. The fraction of sp³-hybridized carbons (Fsp3) is 0.583. The predicted molar refractivity (Wildman–Crippen MR) is 69.3 cm³/mol. The minimum absolute atomic E-state index is 0.714. The van der Waals surface area contributed by atoms with Gasteiger partial charge in [0.1, 0.15) is 10.4 Å². The van der Waals surface area contributed by atoms with Gasteiger partial charge in [-0.3, -0.25) is 0 Å². The lowest BCUT2D eigenvalue weighted by atomic mass is 10.1. The van der Waals surface area contributed by atoms with Crippen LogP contribution in [0.25, 0.3) is 0 Å². The van der Waals surface area contributed by atoms with E-state index in [2.05, 4.69) is 52.7 Å². The van der Waals surface area contributed by atoms with Crippen molar-refractivity contribution in [1.29, 1.82) is 0 Å². The zero-order chi connectivity index (χ0) is 11.3. The van der Waals surface area contributed by atoms with Crippen molar-refractivity contribution in [1.82, 2.24) is 4.98 Å². The van der Waals surface area contributed by atoms with Crippen LogP contribution in [-0.4, -0.2) is 18.1 Å². The second-order valence-corrected chi connectivity index (χ2v) is 4.68. The van der Waals surface area contributed by atoms with Crippen molar-refractivity contribution in [3.63, 3.8) is 0 Å². The van der Waals surface area contributed by atoms with E-state index in [4.69, 9.17) is 0 Å². The molecule has 0 saturated heterocycles. The number of aromatic nitrogens is 1. The Morgan fingerprint density at radius 1 is 1.40 bits per heavy atom. The summed E-state index contributed by atoms with van der Waals surface area (Å²) in [7, 11) is 0. The van der Waals surface area contributed by atoms with E-state index in [0.29, 0.717) is 5.92 Å². The molecule has 1 unspecified atom stereocenters. The molecule has 1 aromatic rings. The van der Waals surface area contributed by atoms with Crippen molar-refractivity contribution in [2.75, 3.05) is 18.0 Å².